The van der Waals surface area contributed by atoms with Crippen LogP contribution in [0, 0.1) is 6.92 Å². The number of benzene rings is 2. The number of halogens is 1. The van der Waals surface area contributed by atoms with Crippen molar-refractivity contribution >= 4 is 27.7 Å². The zero-order valence-electron chi connectivity index (χ0n) is 12.2. The lowest BCUT2D eigenvalue weighted by molar-refractivity contribution is 0.214. The number of hydrogen-bond donors (Lipinski definition) is 1. The van der Waals surface area contributed by atoms with E-state index in [0.717, 1.165) is 10.0 Å². The number of carbonyl (C=O) groups is 1. The molecule has 116 valence electrons. The Kier molecular flexibility index (Phi) is 4.43. The van der Waals surface area contributed by atoms with Crippen LogP contribution in [-0.4, -0.2) is 11.2 Å². The molecule has 0 aliphatic carbocycles. The summed E-state index contributed by atoms with van der Waals surface area (Å²) in [6.07, 6.45) is -0.601. The number of nitrogens with one attached hydrogen (secondary N) is 1. The van der Waals surface area contributed by atoms with Gasteiger partial charge >= 0.3 is 6.09 Å². The van der Waals surface area contributed by atoms with Crippen LogP contribution >= 0.6 is 15.9 Å². The molecule has 6 heteroatoms. The summed E-state index contributed by atoms with van der Waals surface area (Å²) in [6, 6.07) is 16.6. The molecule has 3 aromatic rings. The molecule has 0 radical (unpaired) electrons. The predicted octanol–water partition coefficient (Wildman–Crippen LogP) is 5.02. The maximum absolute atomic E-state index is 12.1. The average molecular weight is 373 g/mol. The third-order valence-electron chi connectivity index (χ3n) is 3.14. The van der Waals surface area contributed by atoms with Gasteiger partial charge in [-0.1, -0.05) is 51.4 Å². The van der Waals surface area contributed by atoms with Crippen LogP contribution in [-0.2, 0) is 0 Å². The molecule has 1 aromatic heterocycles. The summed E-state index contributed by atoms with van der Waals surface area (Å²) in [7, 11) is 0. The fraction of sp³-hybridized carbons (Fsp3) is 0.0588. The lowest BCUT2D eigenvalue weighted by Crippen LogP contribution is -2.17. The molecule has 0 unspecified atom stereocenters. The molecular weight excluding hydrogens is 360 g/mol. The molecule has 1 N–H and O–H groups in total. The zero-order chi connectivity index (χ0) is 16.2. The summed E-state index contributed by atoms with van der Waals surface area (Å²) in [5.41, 5.74) is 1.94. The molecule has 1 heterocycles. The van der Waals surface area contributed by atoms with Crippen LogP contribution in [0.5, 0.6) is 5.75 Å². The number of ether oxygens (including phenoxy) is 1. The molecule has 2 aromatic carbocycles. The van der Waals surface area contributed by atoms with Crippen LogP contribution in [0.2, 0.25) is 0 Å². The second kappa shape index (κ2) is 6.66. The highest BCUT2D eigenvalue weighted by Crippen LogP contribution is 2.32. The summed E-state index contributed by atoms with van der Waals surface area (Å²) >= 11 is 3.34. The quantitative estimate of drug-likeness (QED) is 0.700. The molecule has 23 heavy (non-hydrogen) atoms. The van der Waals surface area contributed by atoms with E-state index in [9.17, 15) is 4.79 Å². The highest BCUT2D eigenvalue weighted by Gasteiger charge is 2.19. The normalized spacial score (nSPS) is 10.3. The first-order valence-electron chi connectivity index (χ1n) is 6.89. The van der Waals surface area contributed by atoms with E-state index in [1.807, 2.05) is 42.5 Å². The second-order valence-corrected chi connectivity index (χ2v) is 5.72. The van der Waals surface area contributed by atoms with Crippen molar-refractivity contribution < 1.29 is 14.1 Å². The van der Waals surface area contributed by atoms with Gasteiger partial charge in [-0.25, -0.2) is 4.79 Å². The SMILES string of the molecule is Cc1onc(-c2ccccc2)c1OC(=O)Nc1ccc(Br)cc1. The van der Waals surface area contributed by atoms with Crippen LogP contribution < -0.4 is 10.1 Å². The van der Waals surface area contributed by atoms with E-state index in [1.165, 1.54) is 0 Å². The topological polar surface area (TPSA) is 64.4 Å². The van der Waals surface area contributed by atoms with Crippen molar-refractivity contribution in [1.82, 2.24) is 5.16 Å². The van der Waals surface area contributed by atoms with Gasteiger partial charge in [0.05, 0.1) is 0 Å². The van der Waals surface area contributed by atoms with Gasteiger partial charge in [0, 0.05) is 22.6 Å². The minimum absolute atomic E-state index is 0.311. The fourth-order valence-electron chi connectivity index (χ4n) is 2.03. The fourth-order valence-corrected chi connectivity index (χ4v) is 2.30. The first kappa shape index (κ1) is 15.3. The van der Waals surface area contributed by atoms with Gasteiger partial charge in [0.2, 0.25) is 5.75 Å². The Morgan fingerprint density at radius 1 is 1.13 bits per heavy atom. The number of amides is 1. The second-order valence-electron chi connectivity index (χ2n) is 4.80. The first-order valence-corrected chi connectivity index (χ1v) is 7.69. The van der Waals surface area contributed by atoms with Gasteiger partial charge in [0.25, 0.3) is 0 Å². The molecule has 0 saturated heterocycles. The Hall–Kier alpha value is -2.60. The zero-order valence-corrected chi connectivity index (χ0v) is 13.8. The number of carbonyl (C=O) groups excluding carboxylic acids is 1. The van der Waals surface area contributed by atoms with Gasteiger partial charge in [-0.2, -0.15) is 0 Å². The van der Waals surface area contributed by atoms with Gasteiger partial charge < -0.3 is 9.26 Å². The van der Waals surface area contributed by atoms with Crippen molar-refractivity contribution in [1.29, 1.82) is 0 Å². The maximum atomic E-state index is 12.1. The Morgan fingerprint density at radius 3 is 2.52 bits per heavy atom. The number of rotatable bonds is 3. The minimum atomic E-state index is -0.601. The summed E-state index contributed by atoms with van der Waals surface area (Å²) < 4.78 is 11.5. The number of aryl methyl sites for hydroxylation is 1. The molecule has 1 amide bonds. The molecule has 0 saturated carbocycles. The van der Waals surface area contributed by atoms with Gasteiger partial charge in [-0.05, 0) is 24.3 Å². The number of nitrogens with zero attached hydrogens (tertiary/aromatic N) is 1. The van der Waals surface area contributed by atoms with Crippen LogP contribution in [0.15, 0.2) is 63.6 Å². The molecule has 0 aliphatic heterocycles. The van der Waals surface area contributed by atoms with Crippen LogP contribution in [0.25, 0.3) is 11.3 Å². The van der Waals surface area contributed by atoms with Crippen molar-refractivity contribution in [3.05, 3.63) is 64.8 Å². The summed E-state index contributed by atoms with van der Waals surface area (Å²) in [6.45, 7) is 1.70. The molecule has 0 aliphatic rings. The smallest absolute Gasteiger partial charge is 0.404 e. The van der Waals surface area contributed by atoms with Crippen molar-refractivity contribution in [3.8, 4) is 17.0 Å². The van der Waals surface area contributed by atoms with Gasteiger partial charge in [0.15, 0.2) is 11.5 Å². The highest BCUT2D eigenvalue weighted by molar-refractivity contribution is 9.10. The number of hydrogen-bond acceptors (Lipinski definition) is 4. The summed E-state index contributed by atoms with van der Waals surface area (Å²) in [4.78, 5) is 12.1. The standard InChI is InChI=1S/C17H13BrN2O3/c1-11-16(15(20-23-11)12-5-3-2-4-6-12)22-17(21)19-14-9-7-13(18)8-10-14/h2-10H,1H3,(H,19,21). The maximum Gasteiger partial charge on any atom is 0.417 e. The largest absolute Gasteiger partial charge is 0.417 e. The number of aromatic nitrogens is 1. The van der Waals surface area contributed by atoms with Gasteiger partial charge in [-0.15, -0.1) is 0 Å². The van der Waals surface area contributed by atoms with E-state index in [1.54, 1.807) is 19.1 Å². The predicted molar refractivity (Wildman–Crippen MR) is 90.5 cm³/mol. The van der Waals surface area contributed by atoms with Gasteiger partial charge in [0.1, 0.15) is 0 Å². The van der Waals surface area contributed by atoms with Crippen molar-refractivity contribution in [3.63, 3.8) is 0 Å². The molecule has 0 fully saturated rings. The molecule has 3 rings (SSSR count). The Balaban J connectivity index is 1.79. The van der Waals surface area contributed by atoms with E-state index in [2.05, 4.69) is 26.4 Å². The van der Waals surface area contributed by atoms with Crippen LogP contribution in [0.1, 0.15) is 5.76 Å². The Labute approximate surface area is 141 Å². The summed E-state index contributed by atoms with van der Waals surface area (Å²) in [5.74, 6) is 0.751. The molecule has 0 bridgehead atoms. The van der Waals surface area contributed by atoms with Gasteiger partial charge in [-0.3, -0.25) is 5.32 Å². The van der Waals surface area contributed by atoms with E-state index in [0.29, 0.717) is 22.9 Å². The lowest BCUT2D eigenvalue weighted by atomic mass is 10.1. The molecule has 0 spiro atoms. The molecular formula is C17H13BrN2O3. The monoisotopic (exact) mass is 372 g/mol. The van der Waals surface area contributed by atoms with E-state index >= 15 is 0 Å². The average Bonchev–Trinajstić information content (AvgIpc) is 2.91. The van der Waals surface area contributed by atoms with Crippen molar-refractivity contribution in [2.45, 2.75) is 6.92 Å². The summed E-state index contributed by atoms with van der Waals surface area (Å²) in [5, 5.41) is 6.63. The van der Waals surface area contributed by atoms with Crippen molar-refractivity contribution in [2.75, 3.05) is 5.32 Å². The first-order chi connectivity index (χ1) is 11.1. The van der Waals surface area contributed by atoms with Crippen molar-refractivity contribution in [2.24, 2.45) is 0 Å². The third kappa shape index (κ3) is 3.60. The molecule has 5 nitrogen and oxygen atoms in total. The molecule has 0 atom stereocenters. The van der Waals surface area contributed by atoms with E-state index < -0.39 is 6.09 Å². The lowest BCUT2D eigenvalue weighted by Gasteiger charge is -2.07. The Bertz CT molecular complexity index is 814. The minimum Gasteiger partial charge on any atom is -0.404 e. The van der Waals surface area contributed by atoms with E-state index in [-0.39, 0.29) is 0 Å². The van der Waals surface area contributed by atoms with Crippen LogP contribution in [0.4, 0.5) is 10.5 Å². The Morgan fingerprint density at radius 2 is 1.83 bits per heavy atom. The number of anilines is 1. The highest BCUT2D eigenvalue weighted by atomic mass is 79.9. The van der Waals surface area contributed by atoms with Crippen LogP contribution in [0.3, 0.4) is 0 Å². The van der Waals surface area contributed by atoms with E-state index in [4.69, 9.17) is 9.26 Å². The third-order valence-corrected chi connectivity index (χ3v) is 3.67.